The van der Waals surface area contributed by atoms with Crippen LogP contribution >= 0.6 is 23.4 Å². The molecule has 0 N–H and O–H groups in total. The van der Waals surface area contributed by atoms with Crippen molar-refractivity contribution in [1.29, 1.82) is 0 Å². The Morgan fingerprint density at radius 1 is 1.19 bits per heavy atom. The molecule has 0 saturated heterocycles. The standard InChI is InChI=1S/C16H15ClN2OS/c1-19(2)11-14(21-15-5-3-4-10-18-15)16(20)12-6-8-13(17)9-7-12/h3-11H,1-2H3/b14-11-. The number of hydrogen-bond donors (Lipinski definition) is 0. The highest BCUT2D eigenvalue weighted by atomic mass is 35.5. The summed E-state index contributed by atoms with van der Waals surface area (Å²) in [6.45, 7) is 0. The number of carbonyl (C=O) groups excluding carboxylic acids is 1. The minimum atomic E-state index is -0.0454. The molecular weight excluding hydrogens is 304 g/mol. The second-order valence-corrected chi connectivity index (χ2v) is 6.06. The molecule has 0 saturated carbocycles. The van der Waals surface area contributed by atoms with Gasteiger partial charge in [-0.05, 0) is 36.4 Å². The van der Waals surface area contributed by atoms with Crippen molar-refractivity contribution in [2.45, 2.75) is 5.03 Å². The van der Waals surface area contributed by atoms with Gasteiger partial charge in [-0.2, -0.15) is 0 Å². The van der Waals surface area contributed by atoms with Gasteiger partial charge in [-0.25, -0.2) is 4.98 Å². The highest BCUT2D eigenvalue weighted by molar-refractivity contribution is 8.04. The van der Waals surface area contributed by atoms with Gasteiger partial charge in [0.1, 0.15) is 5.03 Å². The van der Waals surface area contributed by atoms with Crippen LogP contribution in [0.15, 0.2) is 64.8 Å². The lowest BCUT2D eigenvalue weighted by molar-refractivity contribution is 0.104. The first-order valence-electron chi connectivity index (χ1n) is 6.33. The number of benzene rings is 1. The molecule has 21 heavy (non-hydrogen) atoms. The summed E-state index contributed by atoms with van der Waals surface area (Å²) < 4.78 is 0. The number of carbonyl (C=O) groups is 1. The Kier molecular flexibility index (Phi) is 5.42. The summed E-state index contributed by atoms with van der Waals surface area (Å²) in [6.07, 6.45) is 3.51. The molecule has 0 aliphatic rings. The van der Waals surface area contributed by atoms with Gasteiger partial charge < -0.3 is 4.90 Å². The van der Waals surface area contributed by atoms with Crippen molar-refractivity contribution in [2.75, 3.05) is 14.1 Å². The Hall–Kier alpha value is -1.78. The predicted molar refractivity (Wildman–Crippen MR) is 87.6 cm³/mol. The van der Waals surface area contributed by atoms with Crippen LogP contribution in [0.25, 0.3) is 0 Å². The molecule has 5 heteroatoms. The molecule has 0 aliphatic heterocycles. The molecule has 0 aliphatic carbocycles. The third kappa shape index (κ3) is 4.62. The number of nitrogens with zero attached hydrogens (tertiary/aromatic N) is 2. The van der Waals surface area contributed by atoms with E-state index in [0.29, 0.717) is 15.5 Å². The smallest absolute Gasteiger partial charge is 0.201 e. The molecular formula is C16H15ClN2OS. The summed E-state index contributed by atoms with van der Waals surface area (Å²) >= 11 is 7.21. The Bertz CT molecular complexity index is 639. The molecule has 0 fully saturated rings. The second kappa shape index (κ2) is 7.29. The van der Waals surface area contributed by atoms with Crippen molar-refractivity contribution in [1.82, 2.24) is 9.88 Å². The summed E-state index contributed by atoms with van der Waals surface area (Å²) in [5.41, 5.74) is 0.607. The predicted octanol–water partition coefficient (Wildman–Crippen LogP) is 4.11. The van der Waals surface area contributed by atoms with Gasteiger partial charge in [-0.1, -0.05) is 29.4 Å². The molecule has 108 valence electrons. The maximum Gasteiger partial charge on any atom is 0.201 e. The minimum absolute atomic E-state index is 0.0454. The van der Waals surface area contributed by atoms with Crippen LogP contribution in [-0.4, -0.2) is 29.8 Å². The molecule has 0 atom stereocenters. The zero-order chi connectivity index (χ0) is 15.2. The van der Waals surface area contributed by atoms with Gasteiger partial charge in [0.15, 0.2) is 0 Å². The van der Waals surface area contributed by atoms with E-state index in [1.807, 2.05) is 37.2 Å². The monoisotopic (exact) mass is 318 g/mol. The summed E-state index contributed by atoms with van der Waals surface area (Å²) in [7, 11) is 3.77. The number of halogens is 1. The van der Waals surface area contributed by atoms with Crippen LogP contribution in [0.5, 0.6) is 0 Å². The average molecular weight is 319 g/mol. The zero-order valence-electron chi connectivity index (χ0n) is 11.8. The zero-order valence-corrected chi connectivity index (χ0v) is 13.4. The van der Waals surface area contributed by atoms with E-state index in [2.05, 4.69) is 4.98 Å². The fourth-order valence-electron chi connectivity index (χ4n) is 1.63. The minimum Gasteiger partial charge on any atom is -0.382 e. The first kappa shape index (κ1) is 15.6. The van der Waals surface area contributed by atoms with Gasteiger partial charge in [-0.3, -0.25) is 4.79 Å². The molecule has 3 nitrogen and oxygen atoms in total. The van der Waals surface area contributed by atoms with Crippen molar-refractivity contribution in [3.05, 3.63) is 70.4 Å². The molecule has 0 bridgehead atoms. The summed E-state index contributed by atoms with van der Waals surface area (Å²) in [5.74, 6) is -0.0454. The Balaban J connectivity index is 2.28. The van der Waals surface area contributed by atoms with Crippen molar-refractivity contribution in [3.63, 3.8) is 0 Å². The summed E-state index contributed by atoms with van der Waals surface area (Å²) in [6, 6.07) is 12.5. The molecule has 0 unspecified atom stereocenters. The van der Waals surface area contributed by atoms with Gasteiger partial charge in [0.25, 0.3) is 0 Å². The first-order chi connectivity index (χ1) is 10.1. The Morgan fingerprint density at radius 2 is 1.90 bits per heavy atom. The van der Waals surface area contributed by atoms with Gasteiger partial charge in [-0.15, -0.1) is 0 Å². The lowest BCUT2D eigenvalue weighted by Gasteiger charge is -2.11. The van der Waals surface area contributed by atoms with Crippen LogP contribution < -0.4 is 0 Å². The van der Waals surface area contributed by atoms with Crippen molar-refractivity contribution in [3.8, 4) is 0 Å². The number of hydrogen-bond acceptors (Lipinski definition) is 4. The molecule has 1 aromatic carbocycles. The lowest BCUT2D eigenvalue weighted by Crippen LogP contribution is -2.08. The topological polar surface area (TPSA) is 33.2 Å². The van der Waals surface area contributed by atoms with Crippen LogP contribution in [0.2, 0.25) is 5.02 Å². The van der Waals surface area contributed by atoms with Crippen LogP contribution in [0.4, 0.5) is 0 Å². The van der Waals surface area contributed by atoms with E-state index in [-0.39, 0.29) is 5.78 Å². The van der Waals surface area contributed by atoms with Crippen molar-refractivity contribution < 1.29 is 4.79 Å². The largest absolute Gasteiger partial charge is 0.382 e. The number of Topliss-reactive ketones (excluding diaryl/α,β-unsaturated/α-hetero) is 1. The number of ketones is 1. The number of allylic oxidation sites excluding steroid dienone is 1. The van der Waals surface area contributed by atoms with E-state index >= 15 is 0 Å². The van der Waals surface area contributed by atoms with E-state index in [4.69, 9.17) is 11.6 Å². The van der Waals surface area contributed by atoms with Gasteiger partial charge >= 0.3 is 0 Å². The van der Waals surface area contributed by atoms with Gasteiger partial charge in [0.05, 0.1) is 4.91 Å². The average Bonchev–Trinajstić information content (AvgIpc) is 2.47. The number of thioether (sulfide) groups is 1. The Labute approximate surface area is 133 Å². The normalized spacial score (nSPS) is 11.3. The molecule has 2 aromatic rings. The van der Waals surface area contributed by atoms with E-state index in [1.165, 1.54) is 11.8 Å². The highest BCUT2D eigenvalue weighted by Crippen LogP contribution is 2.28. The number of aromatic nitrogens is 1. The molecule has 2 rings (SSSR count). The molecule has 0 spiro atoms. The molecule has 1 heterocycles. The second-order valence-electron chi connectivity index (χ2n) is 4.56. The summed E-state index contributed by atoms with van der Waals surface area (Å²) in [5, 5.41) is 1.40. The van der Waals surface area contributed by atoms with E-state index in [0.717, 1.165) is 5.03 Å². The fourth-order valence-corrected chi connectivity index (χ4v) is 2.72. The third-order valence-corrected chi connectivity index (χ3v) is 3.77. The van der Waals surface area contributed by atoms with Crippen molar-refractivity contribution in [2.24, 2.45) is 0 Å². The van der Waals surface area contributed by atoms with Crippen LogP contribution in [-0.2, 0) is 0 Å². The van der Waals surface area contributed by atoms with Gasteiger partial charge in [0.2, 0.25) is 5.78 Å². The quantitative estimate of drug-likeness (QED) is 0.472. The Morgan fingerprint density at radius 3 is 2.48 bits per heavy atom. The SMILES string of the molecule is CN(C)/C=C(\Sc1ccccn1)C(=O)c1ccc(Cl)cc1. The maximum absolute atomic E-state index is 12.6. The van der Waals surface area contributed by atoms with E-state index in [9.17, 15) is 4.79 Å². The third-order valence-electron chi connectivity index (χ3n) is 2.56. The van der Waals surface area contributed by atoms with Crippen molar-refractivity contribution >= 4 is 29.1 Å². The highest BCUT2D eigenvalue weighted by Gasteiger charge is 2.15. The van der Waals surface area contributed by atoms with E-state index < -0.39 is 0 Å². The first-order valence-corrected chi connectivity index (χ1v) is 7.53. The molecule has 0 radical (unpaired) electrons. The number of rotatable bonds is 5. The fraction of sp³-hybridized carbons (Fsp3) is 0.125. The number of pyridine rings is 1. The molecule has 1 aromatic heterocycles. The summed E-state index contributed by atoms with van der Waals surface area (Å²) in [4.78, 5) is 19.3. The lowest BCUT2D eigenvalue weighted by atomic mass is 10.1. The van der Waals surface area contributed by atoms with Gasteiger partial charge in [0, 0.05) is 37.1 Å². The van der Waals surface area contributed by atoms with Crippen LogP contribution in [0, 0.1) is 0 Å². The van der Waals surface area contributed by atoms with Crippen LogP contribution in [0.3, 0.4) is 0 Å². The van der Waals surface area contributed by atoms with E-state index in [1.54, 1.807) is 36.7 Å². The molecule has 0 amide bonds. The van der Waals surface area contributed by atoms with Crippen LogP contribution in [0.1, 0.15) is 10.4 Å². The maximum atomic E-state index is 12.6.